The first-order valence-electron chi connectivity index (χ1n) is 4.29. The van der Waals surface area contributed by atoms with Gasteiger partial charge in [0.05, 0.1) is 17.5 Å². The van der Waals surface area contributed by atoms with E-state index in [4.69, 9.17) is 0 Å². The van der Waals surface area contributed by atoms with E-state index < -0.39 is 0 Å². The number of nitrogens with one attached hydrogen (secondary N) is 1. The molecule has 14 heavy (non-hydrogen) atoms. The van der Waals surface area contributed by atoms with Gasteiger partial charge in [0.1, 0.15) is 11.6 Å². The number of aromatic nitrogens is 2. The van der Waals surface area contributed by atoms with Gasteiger partial charge in [-0.25, -0.2) is 4.98 Å². The number of hydrogen-bond donors (Lipinski definition) is 1. The number of ketones is 1. The third kappa shape index (κ3) is 1.85. The minimum atomic E-state index is 0.114. The number of carbonyl (C=O) groups excluding carboxylic acids is 1. The highest BCUT2D eigenvalue weighted by Crippen LogP contribution is 2.17. The summed E-state index contributed by atoms with van der Waals surface area (Å²) in [6, 6.07) is 5.80. The van der Waals surface area contributed by atoms with Crippen molar-refractivity contribution in [3.8, 4) is 0 Å². The van der Waals surface area contributed by atoms with E-state index in [0.29, 0.717) is 6.42 Å². The summed E-state index contributed by atoms with van der Waals surface area (Å²) >= 11 is 3.38. The highest BCUT2D eigenvalue weighted by Gasteiger charge is 2.04. The van der Waals surface area contributed by atoms with E-state index in [1.54, 1.807) is 6.92 Å². The molecule has 3 nitrogen and oxygen atoms in total. The molecule has 0 radical (unpaired) electrons. The van der Waals surface area contributed by atoms with Crippen LogP contribution in [-0.4, -0.2) is 15.8 Å². The fourth-order valence-electron chi connectivity index (χ4n) is 1.35. The number of halogens is 1. The Kier molecular flexibility index (Phi) is 2.37. The fourth-order valence-corrected chi connectivity index (χ4v) is 1.72. The van der Waals surface area contributed by atoms with Gasteiger partial charge in [-0.2, -0.15) is 0 Å². The molecule has 0 aliphatic heterocycles. The average Bonchev–Trinajstić information content (AvgIpc) is 2.44. The van der Waals surface area contributed by atoms with Crippen molar-refractivity contribution in [3.05, 3.63) is 28.5 Å². The maximum atomic E-state index is 10.9. The lowest BCUT2D eigenvalue weighted by molar-refractivity contribution is -0.116. The smallest absolute Gasteiger partial charge is 0.137 e. The lowest BCUT2D eigenvalue weighted by Crippen LogP contribution is -1.97. The summed E-state index contributed by atoms with van der Waals surface area (Å²) in [4.78, 5) is 18.3. The van der Waals surface area contributed by atoms with Crippen molar-refractivity contribution >= 4 is 32.7 Å². The SMILES string of the molecule is CC(=O)Cc1nc2ccc(Br)cc2[nH]1. The number of H-pyrrole nitrogens is 1. The number of hydrogen-bond acceptors (Lipinski definition) is 2. The maximum absolute atomic E-state index is 10.9. The van der Waals surface area contributed by atoms with Crippen molar-refractivity contribution in [2.24, 2.45) is 0 Å². The number of imidazole rings is 1. The highest BCUT2D eigenvalue weighted by molar-refractivity contribution is 9.10. The van der Waals surface area contributed by atoms with E-state index in [1.165, 1.54) is 0 Å². The van der Waals surface area contributed by atoms with E-state index in [0.717, 1.165) is 21.3 Å². The van der Waals surface area contributed by atoms with Crippen molar-refractivity contribution in [3.63, 3.8) is 0 Å². The molecule has 0 bridgehead atoms. The van der Waals surface area contributed by atoms with Gasteiger partial charge >= 0.3 is 0 Å². The lowest BCUT2D eigenvalue weighted by Gasteiger charge is -1.88. The van der Waals surface area contributed by atoms with Crippen LogP contribution in [0, 0.1) is 0 Å². The van der Waals surface area contributed by atoms with E-state index in [1.807, 2.05) is 18.2 Å². The van der Waals surface area contributed by atoms with Crippen LogP contribution in [-0.2, 0) is 11.2 Å². The summed E-state index contributed by atoms with van der Waals surface area (Å²) in [6.45, 7) is 1.56. The van der Waals surface area contributed by atoms with Crippen LogP contribution in [0.2, 0.25) is 0 Å². The molecule has 1 aromatic carbocycles. The van der Waals surface area contributed by atoms with Crippen molar-refractivity contribution in [2.75, 3.05) is 0 Å². The second-order valence-corrected chi connectivity index (χ2v) is 4.14. The average molecular weight is 253 g/mol. The van der Waals surface area contributed by atoms with E-state index in [2.05, 4.69) is 25.9 Å². The van der Waals surface area contributed by atoms with Gasteiger partial charge in [0.25, 0.3) is 0 Å². The number of fused-ring (bicyclic) bond motifs is 1. The van der Waals surface area contributed by atoms with Crippen LogP contribution in [0.5, 0.6) is 0 Å². The molecule has 0 aliphatic rings. The number of Topliss-reactive ketones (excluding diaryl/α,β-unsaturated/α-hetero) is 1. The van der Waals surface area contributed by atoms with Gasteiger partial charge in [0.2, 0.25) is 0 Å². The molecule has 0 fully saturated rings. The van der Waals surface area contributed by atoms with Crippen LogP contribution in [0.15, 0.2) is 22.7 Å². The van der Waals surface area contributed by atoms with Crippen molar-refractivity contribution in [1.82, 2.24) is 9.97 Å². The molecule has 0 spiro atoms. The van der Waals surface area contributed by atoms with Gasteiger partial charge in [-0.05, 0) is 25.1 Å². The number of carbonyl (C=O) groups is 1. The van der Waals surface area contributed by atoms with Crippen LogP contribution >= 0.6 is 15.9 Å². The Labute approximate surface area is 89.7 Å². The van der Waals surface area contributed by atoms with Crippen molar-refractivity contribution in [2.45, 2.75) is 13.3 Å². The van der Waals surface area contributed by atoms with Crippen LogP contribution < -0.4 is 0 Å². The third-order valence-electron chi connectivity index (χ3n) is 1.91. The number of aromatic amines is 1. The Balaban J connectivity index is 2.46. The van der Waals surface area contributed by atoms with Gasteiger partial charge < -0.3 is 4.98 Å². The van der Waals surface area contributed by atoms with Gasteiger partial charge in [-0.15, -0.1) is 0 Å². The molecule has 0 atom stereocenters. The molecule has 0 saturated carbocycles. The number of nitrogens with zero attached hydrogens (tertiary/aromatic N) is 1. The van der Waals surface area contributed by atoms with Gasteiger partial charge in [0, 0.05) is 4.47 Å². The first-order valence-corrected chi connectivity index (χ1v) is 5.08. The van der Waals surface area contributed by atoms with Crippen LogP contribution in [0.4, 0.5) is 0 Å². The van der Waals surface area contributed by atoms with Crippen molar-refractivity contribution in [1.29, 1.82) is 0 Å². The number of rotatable bonds is 2. The monoisotopic (exact) mass is 252 g/mol. The predicted octanol–water partition coefficient (Wildman–Crippen LogP) is 2.46. The molecule has 0 amide bonds. The summed E-state index contributed by atoms with van der Waals surface area (Å²) in [7, 11) is 0. The molecule has 0 saturated heterocycles. The first-order chi connectivity index (χ1) is 6.65. The minimum Gasteiger partial charge on any atom is -0.342 e. The van der Waals surface area contributed by atoms with Gasteiger partial charge in [-0.3, -0.25) is 4.79 Å². The van der Waals surface area contributed by atoms with E-state index in [9.17, 15) is 4.79 Å². The Morgan fingerprint density at radius 3 is 3.07 bits per heavy atom. The molecule has 0 aliphatic carbocycles. The summed E-state index contributed by atoms with van der Waals surface area (Å²) in [5.74, 6) is 0.841. The Morgan fingerprint density at radius 1 is 1.57 bits per heavy atom. The Hall–Kier alpha value is -1.16. The fraction of sp³-hybridized carbons (Fsp3) is 0.200. The molecular weight excluding hydrogens is 244 g/mol. The second kappa shape index (κ2) is 3.53. The molecule has 4 heteroatoms. The minimum absolute atomic E-state index is 0.114. The first kappa shape index (κ1) is 9.40. The molecule has 1 heterocycles. The van der Waals surface area contributed by atoms with Crippen LogP contribution in [0.3, 0.4) is 0 Å². The normalized spacial score (nSPS) is 10.7. The van der Waals surface area contributed by atoms with Crippen LogP contribution in [0.25, 0.3) is 11.0 Å². The summed E-state index contributed by atoms with van der Waals surface area (Å²) in [5.41, 5.74) is 1.85. The zero-order valence-corrected chi connectivity index (χ0v) is 9.26. The summed E-state index contributed by atoms with van der Waals surface area (Å²) in [5, 5.41) is 0. The molecule has 72 valence electrons. The lowest BCUT2D eigenvalue weighted by atomic mass is 10.3. The standard InChI is InChI=1S/C10H9BrN2O/c1-6(14)4-10-12-8-3-2-7(11)5-9(8)13-10/h2-3,5H,4H2,1H3,(H,12,13). The number of benzene rings is 1. The molecule has 2 aromatic rings. The molecule has 1 N–H and O–H groups in total. The summed E-state index contributed by atoms with van der Waals surface area (Å²) in [6.07, 6.45) is 0.367. The zero-order valence-electron chi connectivity index (χ0n) is 7.67. The van der Waals surface area contributed by atoms with Gasteiger partial charge in [-0.1, -0.05) is 15.9 Å². The largest absolute Gasteiger partial charge is 0.342 e. The quantitative estimate of drug-likeness (QED) is 0.893. The molecule has 0 unspecified atom stereocenters. The topological polar surface area (TPSA) is 45.8 Å². The van der Waals surface area contributed by atoms with E-state index >= 15 is 0 Å². The Bertz CT molecular complexity index is 490. The van der Waals surface area contributed by atoms with Crippen LogP contribution in [0.1, 0.15) is 12.7 Å². The second-order valence-electron chi connectivity index (χ2n) is 3.22. The van der Waals surface area contributed by atoms with E-state index in [-0.39, 0.29) is 5.78 Å². The molecular formula is C10H9BrN2O. The van der Waals surface area contributed by atoms with Crippen molar-refractivity contribution < 1.29 is 4.79 Å². The molecule has 1 aromatic heterocycles. The summed E-state index contributed by atoms with van der Waals surface area (Å²) < 4.78 is 1.00. The molecule has 2 rings (SSSR count). The highest BCUT2D eigenvalue weighted by atomic mass is 79.9. The van der Waals surface area contributed by atoms with Gasteiger partial charge in [0.15, 0.2) is 0 Å². The predicted molar refractivity (Wildman–Crippen MR) is 58.2 cm³/mol. The Morgan fingerprint density at radius 2 is 2.36 bits per heavy atom. The zero-order chi connectivity index (χ0) is 10.1. The third-order valence-corrected chi connectivity index (χ3v) is 2.40. The maximum Gasteiger partial charge on any atom is 0.137 e.